The number of rotatable bonds is 3. The summed E-state index contributed by atoms with van der Waals surface area (Å²) in [6.45, 7) is 5.12. The van der Waals surface area contributed by atoms with Gasteiger partial charge in [0.2, 0.25) is 0 Å². The Bertz CT molecular complexity index is 251. The van der Waals surface area contributed by atoms with E-state index in [-0.39, 0.29) is 5.91 Å². The second-order valence-corrected chi connectivity index (χ2v) is 3.92. The van der Waals surface area contributed by atoms with Crippen molar-refractivity contribution < 1.29 is 4.79 Å². The quantitative estimate of drug-likeness (QED) is 0.765. The lowest BCUT2D eigenvalue weighted by atomic mass is 10.3. The van der Waals surface area contributed by atoms with Crippen LogP contribution in [0.5, 0.6) is 0 Å². The van der Waals surface area contributed by atoms with Gasteiger partial charge in [0, 0.05) is 34.4 Å². The maximum absolute atomic E-state index is 11.0. The van der Waals surface area contributed by atoms with Gasteiger partial charge in [0.1, 0.15) is 0 Å². The highest BCUT2D eigenvalue weighted by atomic mass is 79.9. The third-order valence-corrected chi connectivity index (χ3v) is 2.68. The Hall–Kier alpha value is -0.530. The number of likely N-dealkylation sites (tertiary alicyclic amines) is 1. The molecule has 4 heteroatoms. The van der Waals surface area contributed by atoms with Gasteiger partial charge in [-0.15, -0.1) is 0 Å². The lowest BCUT2D eigenvalue weighted by Gasteiger charge is -2.23. The molecule has 1 heterocycles. The minimum Gasteiger partial charge on any atom is -0.344 e. The van der Waals surface area contributed by atoms with E-state index in [2.05, 4.69) is 43.8 Å². The summed E-state index contributed by atoms with van der Waals surface area (Å²) in [4.78, 5) is 15.8. The molecule has 0 bridgehead atoms. The minimum absolute atomic E-state index is 0.215. The van der Waals surface area contributed by atoms with Crippen molar-refractivity contribution in [3.63, 3.8) is 0 Å². The highest BCUT2D eigenvalue weighted by Gasteiger charge is 2.17. The Balaban J connectivity index is 2.22. The van der Waals surface area contributed by atoms with Crippen molar-refractivity contribution in [2.75, 3.05) is 19.6 Å². The van der Waals surface area contributed by atoms with Gasteiger partial charge in [0.05, 0.1) is 0 Å². The third-order valence-electron chi connectivity index (χ3n) is 2.48. The molecule has 1 fully saturated rings. The highest BCUT2D eigenvalue weighted by molar-refractivity contribution is 9.12. The van der Waals surface area contributed by atoms with Crippen LogP contribution in [0.3, 0.4) is 0 Å². The van der Waals surface area contributed by atoms with Crippen LogP contribution >= 0.6 is 15.9 Å². The molecular weight excluding hydrogens is 244 g/mol. The van der Waals surface area contributed by atoms with Crippen molar-refractivity contribution in [3.8, 4) is 10.8 Å². The highest BCUT2D eigenvalue weighted by Crippen LogP contribution is 2.10. The first-order valence-corrected chi connectivity index (χ1v) is 5.67. The smallest absolute Gasteiger partial charge is 0.296 e. The zero-order valence-electron chi connectivity index (χ0n) is 8.35. The van der Waals surface area contributed by atoms with E-state index >= 15 is 0 Å². The summed E-state index contributed by atoms with van der Waals surface area (Å²) >= 11 is 2.89. The van der Waals surface area contributed by atoms with E-state index in [4.69, 9.17) is 0 Å². The molecule has 0 radical (unpaired) electrons. The normalized spacial score (nSPS) is 18.4. The van der Waals surface area contributed by atoms with Crippen LogP contribution in [-0.4, -0.2) is 36.5 Å². The van der Waals surface area contributed by atoms with E-state index < -0.39 is 0 Å². The molecule has 1 rings (SSSR count). The molecule has 1 atom stereocenters. The average Bonchev–Trinajstić information content (AvgIpc) is 2.67. The van der Waals surface area contributed by atoms with Crippen LogP contribution in [-0.2, 0) is 4.79 Å². The summed E-state index contributed by atoms with van der Waals surface area (Å²) in [5, 5.41) is 2.78. The molecule has 1 amide bonds. The molecule has 0 saturated carbocycles. The number of carbonyl (C=O) groups is 1. The van der Waals surface area contributed by atoms with E-state index in [0.29, 0.717) is 12.6 Å². The molecule has 1 aliphatic rings. The van der Waals surface area contributed by atoms with Gasteiger partial charge in [-0.05, 0) is 37.7 Å². The van der Waals surface area contributed by atoms with Crippen molar-refractivity contribution in [2.24, 2.45) is 0 Å². The minimum atomic E-state index is -0.215. The van der Waals surface area contributed by atoms with Gasteiger partial charge in [0.25, 0.3) is 5.91 Å². The number of carbonyl (C=O) groups excluding carboxylic acids is 1. The van der Waals surface area contributed by atoms with Gasteiger partial charge in [-0.25, -0.2) is 0 Å². The number of amides is 1. The van der Waals surface area contributed by atoms with E-state index in [1.165, 1.54) is 12.8 Å². The Morgan fingerprint density at radius 2 is 2.21 bits per heavy atom. The van der Waals surface area contributed by atoms with Crippen LogP contribution in [0.4, 0.5) is 0 Å². The van der Waals surface area contributed by atoms with Crippen LogP contribution in [0, 0.1) is 10.8 Å². The largest absolute Gasteiger partial charge is 0.344 e. The Kier molecular flexibility index (Phi) is 4.99. The maximum atomic E-state index is 11.0. The number of nitrogens with zero attached hydrogens (tertiary/aromatic N) is 1. The van der Waals surface area contributed by atoms with E-state index in [9.17, 15) is 4.79 Å². The SMILES string of the molecule is CC(CNC(=O)C#CBr)N1CCCC1. The Morgan fingerprint density at radius 1 is 1.57 bits per heavy atom. The summed E-state index contributed by atoms with van der Waals surface area (Å²) in [5.41, 5.74) is 0. The van der Waals surface area contributed by atoms with Gasteiger partial charge in [-0.2, -0.15) is 0 Å². The average molecular weight is 259 g/mol. The fraction of sp³-hybridized carbons (Fsp3) is 0.700. The van der Waals surface area contributed by atoms with Gasteiger partial charge >= 0.3 is 0 Å². The molecule has 1 N–H and O–H groups in total. The van der Waals surface area contributed by atoms with Crippen LogP contribution in [0.1, 0.15) is 19.8 Å². The molecule has 3 nitrogen and oxygen atoms in total. The summed E-state index contributed by atoms with van der Waals surface area (Å²) < 4.78 is 0. The molecule has 1 unspecified atom stereocenters. The first-order chi connectivity index (χ1) is 6.74. The van der Waals surface area contributed by atoms with Crippen molar-refractivity contribution >= 4 is 21.8 Å². The molecule has 0 spiro atoms. The molecule has 1 saturated heterocycles. The van der Waals surface area contributed by atoms with Gasteiger partial charge < -0.3 is 5.32 Å². The predicted molar refractivity (Wildman–Crippen MR) is 60.0 cm³/mol. The summed E-state index contributed by atoms with van der Waals surface area (Å²) in [7, 11) is 0. The van der Waals surface area contributed by atoms with E-state index in [1.54, 1.807) is 0 Å². The lowest BCUT2D eigenvalue weighted by Crippen LogP contribution is -2.40. The standard InChI is InChI=1S/C10H15BrN2O/c1-9(13-6-2-3-7-13)8-12-10(14)4-5-11/h9H,2-3,6-8H2,1H3,(H,12,14). The van der Waals surface area contributed by atoms with Crippen LogP contribution in [0.25, 0.3) is 0 Å². The van der Waals surface area contributed by atoms with Crippen LogP contribution in [0.15, 0.2) is 0 Å². The van der Waals surface area contributed by atoms with Crippen molar-refractivity contribution in [1.82, 2.24) is 10.2 Å². The molecule has 1 aliphatic heterocycles. The summed E-state index contributed by atoms with van der Waals surface area (Å²) in [6.07, 6.45) is 2.55. The van der Waals surface area contributed by atoms with Crippen molar-refractivity contribution in [3.05, 3.63) is 0 Å². The first-order valence-electron chi connectivity index (χ1n) is 4.87. The molecule has 14 heavy (non-hydrogen) atoms. The van der Waals surface area contributed by atoms with Crippen LogP contribution < -0.4 is 5.32 Å². The molecule has 0 aliphatic carbocycles. The number of nitrogens with one attached hydrogen (secondary N) is 1. The predicted octanol–water partition coefficient (Wildman–Crippen LogP) is 0.943. The van der Waals surface area contributed by atoms with Gasteiger partial charge in [-0.1, -0.05) is 0 Å². The van der Waals surface area contributed by atoms with E-state index in [1.807, 2.05) is 0 Å². The molecule has 0 aromatic heterocycles. The Labute approximate surface area is 93.4 Å². The molecule has 0 aromatic rings. The lowest BCUT2D eigenvalue weighted by molar-refractivity contribution is -0.115. The Morgan fingerprint density at radius 3 is 2.79 bits per heavy atom. The van der Waals surface area contributed by atoms with Crippen molar-refractivity contribution in [1.29, 1.82) is 0 Å². The zero-order chi connectivity index (χ0) is 10.4. The van der Waals surface area contributed by atoms with Crippen LogP contribution in [0.2, 0.25) is 0 Å². The van der Waals surface area contributed by atoms with Crippen molar-refractivity contribution in [2.45, 2.75) is 25.8 Å². The van der Waals surface area contributed by atoms with Gasteiger partial charge in [-0.3, -0.25) is 9.69 Å². The third kappa shape index (κ3) is 3.69. The fourth-order valence-electron chi connectivity index (χ4n) is 1.64. The number of hydrogen-bond acceptors (Lipinski definition) is 2. The fourth-order valence-corrected chi connectivity index (χ4v) is 1.82. The molecule has 0 aromatic carbocycles. The topological polar surface area (TPSA) is 32.3 Å². The second-order valence-electron chi connectivity index (χ2n) is 3.52. The summed E-state index contributed by atoms with van der Waals surface area (Å²) in [6, 6.07) is 0.415. The van der Waals surface area contributed by atoms with E-state index in [0.717, 1.165) is 13.1 Å². The maximum Gasteiger partial charge on any atom is 0.296 e. The van der Waals surface area contributed by atoms with Gasteiger partial charge in [0.15, 0.2) is 0 Å². The number of halogens is 1. The monoisotopic (exact) mass is 258 g/mol. The molecule has 78 valence electrons. The zero-order valence-corrected chi connectivity index (χ0v) is 9.93. The first kappa shape index (κ1) is 11.5. The second kappa shape index (κ2) is 6.05. The summed E-state index contributed by atoms with van der Waals surface area (Å²) in [5.74, 6) is 2.17. The number of hydrogen-bond donors (Lipinski definition) is 1. The molecular formula is C10H15BrN2O.